The molecule has 1 fully saturated rings. The second-order valence-corrected chi connectivity index (χ2v) is 5.47. The molecule has 1 N–H and O–H groups in total. The Balaban J connectivity index is 1.98. The number of nitro benzene ring substituents is 1. The van der Waals surface area contributed by atoms with Crippen LogP contribution < -0.4 is 5.32 Å². The van der Waals surface area contributed by atoms with Crippen molar-refractivity contribution in [2.24, 2.45) is 0 Å². The summed E-state index contributed by atoms with van der Waals surface area (Å²) in [6.07, 6.45) is 3.40. The molecule has 20 heavy (non-hydrogen) atoms. The maximum Gasteiger partial charge on any atom is 0.274 e. The molecule has 5 heteroatoms. The van der Waals surface area contributed by atoms with E-state index in [1.54, 1.807) is 12.1 Å². The van der Waals surface area contributed by atoms with E-state index in [0.29, 0.717) is 6.04 Å². The van der Waals surface area contributed by atoms with Crippen molar-refractivity contribution in [1.82, 2.24) is 4.90 Å². The van der Waals surface area contributed by atoms with Crippen molar-refractivity contribution in [1.29, 1.82) is 0 Å². The molecule has 1 aromatic rings. The van der Waals surface area contributed by atoms with E-state index in [1.807, 2.05) is 13.0 Å². The number of nitrogens with one attached hydrogen (secondary N) is 1. The van der Waals surface area contributed by atoms with Crippen LogP contribution in [0.25, 0.3) is 0 Å². The Morgan fingerprint density at radius 3 is 2.70 bits per heavy atom. The van der Waals surface area contributed by atoms with Gasteiger partial charge in [0.25, 0.3) is 5.69 Å². The average molecular weight is 277 g/mol. The van der Waals surface area contributed by atoms with Crippen LogP contribution in [0.2, 0.25) is 0 Å². The van der Waals surface area contributed by atoms with Crippen LogP contribution in [0.4, 0.5) is 11.4 Å². The summed E-state index contributed by atoms with van der Waals surface area (Å²) >= 11 is 0. The zero-order valence-electron chi connectivity index (χ0n) is 12.3. The molecule has 1 heterocycles. The van der Waals surface area contributed by atoms with Crippen LogP contribution in [0, 0.1) is 17.0 Å². The molecule has 0 amide bonds. The van der Waals surface area contributed by atoms with Gasteiger partial charge in [0.15, 0.2) is 0 Å². The molecule has 0 unspecified atom stereocenters. The fourth-order valence-electron chi connectivity index (χ4n) is 2.81. The third-order valence-corrected chi connectivity index (χ3v) is 3.99. The molecule has 5 nitrogen and oxygen atoms in total. The Hall–Kier alpha value is -1.62. The van der Waals surface area contributed by atoms with Crippen LogP contribution in [-0.2, 0) is 0 Å². The predicted molar refractivity (Wildman–Crippen MR) is 81.2 cm³/mol. The van der Waals surface area contributed by atoms with Crippen LogP contribution in [0.15, 0.2) is 18.2 Å². The van der Waals surface area contributed by atoms with Gasteiger partial charge in [-0.15, -0.1) is 0 Å². The third kappa shape index (κ3) is 3.48. The van der Waals surface area contributed by atoms with Gasteiger partial charge < -0.3 is 10.2 Å². The van der Waals surface area contributed by atoms with Crippen LogP contribution >= 0.6 is 0 Å². The van der Waals surface area contributed by atoms with E-state index in [9.17, 15) is 10.1 Å². The first-order valence-corrected chi connectivity index (χ1v) is 7.34. The van der Waals surface area contributed by atoms with Gasteiger partial charge in [-0.05, 0) is 38.8 Å². The lowest BCUT2D eigenvalue weighted by molar-refractivity contribution is -0.385. The Morgan fingerprint density at radius 2 is 2.10 bits per heavy atom. The lowest BCUT2D eigenvalue weighted by atomic mass is 10.0. The van der Waals surface area contributed by atoms with Gasteiger partial charge >= 0.3 is 0 Å². The highest BCUT2D eigenvalue weighted by Gasteiger charge is 2.20. The molecule has 2 rings (SSSR count). The highest BCUT2D eigenvalue weighted by Crippen LogP contribution is 2.27. The van der Waals surface area contributed by atoms with Gasteiger partial charge in [-0.1, -0.05) is 13.0 Å². The third-order valence-electron chi connectivity index (χ3n) is 3.99. The predicted octanol–water partition coefficient (Wildman–Crippen LogP) is 3.19. The summed E-state index contributed by atoms with van der Waals surface area (Å²) in [5.41, 5.74) is 1.82. The molecule has 1 aliphatic rings. The van der Waals surface area contributed by atoms with Gasteiger partial charge in [-0.25, -0.2) is 0 Å². The monoisotopic (exact) mass is 277 g/mol. The van der Waals surface area contributed by atoms with Crippen LogP contribution in [0.3, 0.4) is 0 Å². The molecule has 0 saturated carbocycles. The molecule has 110 valence electrons. The van der Waals surface area contributed by atoms with Gasteiger partial charge in [0.1, 0.15) is 0 Å². The summed E-state index contributed by atoms with van der Waals surface area (Å²) in [6.45, 7) is 7.41. The largest absolute Gasteiger partial charge is 0.382 e. The number of nitrogens with zero attached hydrogens (tertiary/aromatic N) is 2. The quantitative estimate of drug-likeness (QED) is 0.663. The van der Waals surface area contributed by atoms with Gasteiger partial charge in [0, 0.05) is 36.4 Å². The van der Waals surface area contributed by atoms with Crippen LogP contribution in [0.1, 0.15) is 31.7 Å². The summed E-state index contributed by atoms with van der Waals surface area (Å²) in [4.78, 5) is 13.1. The first-order valence-electron chi connectivity index (χ1n) is 7.34. The fraction of sp³-hybridized carbons (Fsp3) is 0.600. The van der Waals surface area contributed by atoms with E-state index in [-0.39, 0.29) is 10.6 Å². The Kier molecular flexibility index (Phi) is 4.95. The second-order valence-electron chi connectivity index (χ2n) is 5.47. The number of hydrogen-bond donors (Lipinski definition) is 1. The van der Waals surface area contributed by atoms with E-state index in [2.05, 4.69) is 17.1 Å². The number of piperidine rings is 1. The highest BCUT2D eigenvalue weighted by molar-refractivity contribution is 5.60. The number of rotatable bonds is 5. The summed E-state index contributed by atoms with van der Waals surface area (Å²) < 4.78 is 0. The smallest absolute Gasteiger partial charge is 0.274 e. The average Bonchev–Trinajstić information content (AvgIpc) is 2.43. The maximum atomic E-state index is 11.0. The highest BCUT2D eigenvalue weighted by atomic mass is 16.6. The molecular formula is C15H23N3O2. The second kappa shape index (κ2) is 6.70. The maximum absolute atomic E-state index is 11.0. The Labute approximate surface area is 120 Å². The molecule has 1 aliphatic heterocycles. The number of benzene rings is 1. The standard InChI is InChI=1S/C15H23N3O2/c1-3-9-17-10-7-13(8-11-17)16-14-5-4-6-15(12(14)2)18(19)20/h4-6,13,16H,3,7-11H2,1-2H3. The molecule has 1 saturated heterocycles. The molecule has 1 aromatic carbocycles. The summed E-state index contributed by atoms with van der Waals surface area (Å²) in [6, 6.07) is 5.66. The zero-order chi connectivity index (χ0) is 14.5. The molecule has 0 atom stereocenters. The van der Waals surface area contributed by atoms with E-state index >= 15 is 0 Å². The minimum absolute atomic E-state index is 0.193. The molecule has 0 aromatic heterocycles. The van der Waals surface area contributed by atoms with Gasteiger partial charge in [-0.2, -0.15) is 0 Å². The van der Waals surface area contributed by atoms with E-state index in [4.69, 9.17) is 0 Å². The number of likely N-dealkylation sites (tertiary alicyclic amines) is 1. The van der Waals surface area contributed by atoms with E-state index in [0.717, 1.165) is 37.2 Å². The van der Waals surface area contributed by atoms with Gasteiger partial charge in [0.05, 0.1) is 4.92 Å². The van der Waals surface area contributed by atoms with Crippen molar-refractivity contribution in [3.63, 3.8) is 0 Å². The number of hydrogen-bond acceptors (Lipinski definition) is 4. The molecule has 0 aliphatic carbocycles. The SMILES string of the molecule is CCCN1CCC(Nc2cccc([N+](=O)[O-])c2C)CC1. The van der Waals surface area contributed by atoms with E-state index < -0.39 is 0 Å². The zero-order valence-corrected chi connectivity index (χ0v) is 12.3. The Morgan fingerprint density at radius 1 is 1.40 bits per heavy atom. The Bertz CT molecular complexity index is 468. The molecule has 0 spiro atoms. The summed E-state index contributed by atoms with van der Waals surface area (Å²) in [5.74, 6) is 0. The van der Waals surface area contributed by atoms with Crippen molar-refractivity contribution in [3.05, 3.63) is 33.9 Å². The molecule has 0 radical (unpaired) electrons. The summed E-state index contributed by atoms with van der Waals surface area (Å²) in [5, 5.41) is 14.4. The first kappa shape index (κ1) is 14.8. The van der Waals surface area contributed by atoms with Crippen molar-refractivity contribution in [2.75, 3.05) is 25.0 Å². The van der Waals surface area contributed by atoms with Crippen LogP contribution in [0.5, 0.6) is 0 Å². The van der Waals surface area contributed by atoms with Gasteiger partial charge in [-0.3, -0.25) is 10.1 Å². The minimum Gasteiger partial charge on any atom is -0.382 e. The number of anilines is 1. The lowest BCUT2D eigenvalue weighted by Gasteiger charge is -2.32. The van der Waals surface area contributed by atoms with Crippen molar-refractivity contribution in [2.45, 2.75) is 39.2 Å². The molecule has 0 bridgehead atoms. The number of nitro groups is 1. The van der Waals surface area contributed by atoms with Crippen molar-refractivity contribution in [3.8, 4) is 0 Å². The first-order chi connectivity index (χ1) is 9.61. The molecular weight excluding hydrogens is 254 g/mol. The topological polar surface area (TPSA) is 58.4 Å². The fourth-order valence-corrected chi connectivity index (χ4v) is 2.81. The van der Waals surface area contributed by atoms with E-state index in [1.165, 1.54) is 13.0 Å². The van der Waals surface area contributed by atoms with Crippen LogP contribution in [-0.4, -0.2) is 35.5 Å². The van der Waals surface area contributed by atoms with Crippen molar-refractivity contribution < 1.29 is 4.92 Å². The van der Waals surface area contributed by atoms with Crippen molar-refractivity contribution >= 4 is 11.4 Å². The lowest BCUT2D eigenvalue weighted by Crippen LogP contribution is -2.39. The normalized spacial score (nSPS) is 17.1. The summed E-state index contributed by atoms with van der Waals surface area (Å²) in [7, 11) is 0. The van der Waals surface area contributed by atoms with Gasteiger partial charge in [0.2, 0.25) is 0 Å². The minimum atomic E-state index is -0.315.